The number of ether oxygens (including phenoxy) is 1. The molecule has 6 heteroatoms. The van der Waals surface area contributed by atoms with Crippen molar-refractivity contribution in [3.8, 4) is 5.75 Å². The van der Waals surface area contributed by atoms with Crippen molar-refractivity contribution in [1.82, 2.24) is 9.47 Å². The molecule has 1 atom stereocenters. The molecule has 124 valence electrons. The zero-order chi connectivity index (χ0) is 16.1. The Hall–Kier alpha value is -1.37. The van der Waals surface area contributed by atoms with Gasteiger partial charge < -0.3 is 19.5 Å². The van der Waals surface area contributed by atoms with Crippen LogP contribution in [0.5, 0.6) is 5.75 Å². The number of likely N-dealkylation sites (tertiary alicyclic amines) is 1. The van der Waals surface area contributed by atoms with Gasteiger partial charge in [-0.1, -0.05) is 6.42 Å². The van der Waals surface area contributed by atoms with Crippen molar-refractivity contribution in [1.29, 1.82) is 0 Å². The molecule has 22 heavy (non-hydrogen) atoms. The highest BCUT2D eigenvalue weighted by atomic mass is 16.5. The van der Waals surface area contributed by atoms with Gasteiger partial charge in [-0.2, -0.15) is 0 Å². The Morgan fingerprint density at radius 2 is 2.18 bits per heavy atom. The minimum absolute atomic E-state index is 0.217. The molecule has 6 nitrogen and oxygen atoms in total. The van der Waals surface area contributed by atoms with E-state index < -0.39 is 5.43 Å². The van der Waals surface area contributed by atoms with Gasteiger partial charge in [-0.3, -0.25) is 9.69 Å². The summed E-state index contributed by atoms with van der Waals surface area (Å²) in [4.78, 5) is 14.2. The summed E-state index contributed by atoms with van der Waals surface area (Å²) in [5, 5.41) is 19.8. The summed E-state index contributed by atoms with van der Waals surface area (Å²) in [6, 6.07) is 1.73. The molecule has 0 bridgehead atoms. The number of aliphatic hydroxyl groups excluding tert-OH is 1. The highest BCUT2D eigenvalue weighted by molar-refractivity contribution is 5.30. The topological polar surface area (TPSA) is 74.9 Å². The van der Waals surface area contributed by atoms with Gasteiger partial charge in [0.25, 0.3) is 0 Å². The lowest BCUT2D eigenvalue weighted by molar-refractivity contribution is 0.141. The maximum Gasteiger partial charge on any atom is 0.223 e. The van der Waals surface area contributed by atoms with Crippen molar-refractivity contribution in [3.05, 3.63) is 27.7 Å². The Kier molecular flexibility index (Phi) is 5.99. The number of hydrogen-bond donors (Lipinski definition) is 2. The Balaban J connectivity index is 2.37. The number of nitrogens with zero attached hydrogens (tertiary/aromatic N) is 2. The fraction of sp³-hybridized carbons (Fsp3) is 0.688. The van der Waals surface area contributed by atoms with Crippen LogP contribution >= 0.6 is 0 Å². The van der Waals surface area contributed by atoms with E-state index >= 15 is 0 Å². The summed E-state index contributed by atoms with van der Waals surface area (Å²) >= 11 is 0. The number of piperidine rings is 1. The highest BCUT2D eigenvalue weighted by Gasteiger charge is 2.22. The standard InChI is InChI=1S/C16H26N2O4/c1-12-5-3-4-6-17(12)10-14-16(21)15(20)9-13(11-19)18(14)7-8-22-2/h9,12,19,21H,3-8,10-11H2,1-2H3. The van der Waals surface area contributed by atoms with E-state index in [4.69, 9.17) is 4.74 Å². The summed E-state index contributed by atoms with van der Waals surface area (Å²) in [5.41, 5.74) is 0.652. The van der Waals surface area contributed by atoms with Crippen LogP contribution in [0.15, 0.2) is 10.9 Å². The summed E-state index contributed by atoms with van der Waals surface area (Å²) in [6.45, 7) is 4.36. The van der Waals surface area contributed by atoms with Crippen molar-refractivity contribution in [3.63, 3.8) is 0 Å². The average Bonchev–Trinajstić information content (AvgIpc) is 2.52. The van der Waals surface area contributed by atoms with Gasteiger partial charge in [0, 0.05) is 38.0 Å². The Labute approximate surface area is 130 Å². The fourth-order valence-corrected chi connectivity index (χ4v) is 3.08. The molecule has 2 heterocycles. The first kappa shape index (κ1) is 17.0. The molecule has 1 aliphatic rings. The quantitative estimate of drug-likeness (QED) is 0.822. The van der Waals surface area contributed by atoms with Crippen LogP contribution in [0.4, 0.5) is 0 Å². The summed E-state index contributed by atoms with van der Waals surface area (Å²) in [7, 11) is 1.60. The number of pyridine rings is 1. The molecule has 1 aromatic heterocycles. The highest BCUT2D eigenvalue weighted by Crippen LogP contribution is 2.23. The van der Waals surface area contributed by atoms with Crippen molar-refractivity contribution in [2.45, 2.75) is 51.9 Å². The van der Waals surface area contributed by atoms with Gasteiger partial charge in [0.05, 0.1) is 18.9 Å². The van der Waals surface area contributed by atoms with Gasteiger partial charge >= 0.3 is 0 Å². The van der Waals surface area contributed by atoms with Crippen LogP contribution in [0.1, 0.15) is 37.6 Å². The van der Waals surface area contributed by atoms with E-state index in [-0.39, 0.29) is 12.4 Å². The molecule has 1 aliphatic heterocycles. The van der Waals surface area contributed by atoms with Gasteiger partial charge in [-0.05, 0) is 26.3 Å². The molecule has 2 N–H and O–H groups in total. The Morgan fingerprint density at radius 1 is 1.41 bits per heavy atom. The van der Waals surface area contributed by atoms with Crippen LogP contribution in [0, 0.1) is 0 Å². The van der Waals surface area contributed by atoms with E-state index in [0.717, 1.165) is 19.4 Å². The number of aromatic hydroxyl groups is 1. The van der Waals surface area contributed by atoms with E-state index in [1.165, 1.54) is 12.5 Å². The number of hydrogen-bond acceptors (Lipinski definition) is 5. The van der Waals surface area contributed by atoms with Gasteiger partial charge in [-0.25, -0.2) is 0 Å². The first-order valence-corrected chi connectivity index (χ1v) is 7.87. The molecule has 0 amide bonds. The number of rotatable bonds is 6. The maximum atomic E-state index is 11.9. The summed E-state index contributed by atoms with van der Waals surface area (Å²) in [5.74, 6) is -0.217. The second-order valence-corrected chi connectivity index (χ2v) is 5.91. The van der Waals surface area contributed by atoms with Crippen molar-refractivity contribution >= 4 is 0 Å². The zero-order valence-corrected chi connectivity index (χ0v) is 13.4. The van der Waals surface area contributed by atoms with Crippen molar-refractivity contribution in [2.24, 2.45) is 0 Å². The Morgan fingerprint density at radius 3 is 2.82 bits per heavy atom. The maximum absolute atomic E-state index is 11.9. The van der Waals surface area contributed by atoms with Gasteiger partial charge in [-0.15, -0.1) is 0 Å². The molecule has 0 saturated carbocycles. The van der Waals surface area contributed by atoms with Crippen LogP contribution in [-0.4, -0.2) is 46.0 Å². The second-order valence-electron chi connectivity index (χ2n) is 5.91. The van der Waals surface area contributed by atoms with Crippen LogP contribution in [0.2, 0.25) is 0 Å². The van der Waals surface area contributed by atoms with Crippen molar-refractivity contribution < 1.29 is 14.9 Å². The number of methoxy groups -OCH3 is 1. The fourth-order valence-electron chi connectivity index (χ4n) is 3.08. The third kappa shape index (κ3) is 3.69. The molecular weight excluding hydrogens is 284 g/mol. The van der Waals surface area contributed by atoms with E-state index in [2.05, 4.69) is 11.8 Å². The molecule has 0 aliphatic carbocycles. The predicted octanol–water partition coefficient (Wildman–Crippen LogP) is 1.07. The van der Waals surface area contributed by atoms with E-state index in [1.54, 1.807) is 7.11 Å². The number of aliphatic hydroxyl groups is 1. The Bertz CT molecular complexity index is 556. The average molecular weight is 310 g/mol. The molecule has 1 aromatic rings. The minimum Gasteiger partial charge on any atom is -0.503 e. The molecule has 1 saturated heterocycles. The van der Waals surface area contributed by atoms with Crippen molar-refractivity contribution in [2.75, 3.05) is 20.3 Å². The minimum atomic E-state index is -0.433. The first-order valence-electron chi connectivity index (χ1n) is 7.87. The molecule has 2 rings (SSSR count). The number of aromatic nitrogens is 1. The molecular formula is C16H26N2O4. The lowest BCUT2D eigenvalue weighted by atomic mass is 10.0. The molecule has 0 spiro atoms. The second kappa shape index (κ2) is 7.76. The largest absolute Gasteiger partial charge is 0.503 e. The van der Waals surface area contributed by atoms with E-state index in [0.29, 0.717) is 37.1 Å². The molecule has 0 radical (unpaired) electrons. The predicted molar refractivity (Wildman–Crippen MR) is 83.9 cm³/mol. The van der Waals surface area contributed by atoms with Gasteiger partial charge in [0.15, 0.2) is 5.75 Å². The van der Waals surface area contributed by atoms with Crippen LogP contribution in [0.25, 0.3) is 0 Å². The first-order chi connectivity index (χ1) is 10.6. The van der Waals surface area contributed by atoms with Gasteiger partial charge in [0.2, 0.25) is 5.43 Å². The zero-order valence-electron chi connectivity index (χ0n) is 13.4. The summed E-state index contributed by atoms with van der Waals surface area (Å²) in [6.07, 6.45) is 3.48. The monoisotopic (exact) mass is 310 g/mol. The SMILES string of the molecule is COCCn1c(CO)cc(=O)c(O)c1CN1CCCCC1C. The van der Waals surface area contributed by atoms with Crippen LogP contribution < -0.4 is 5.43 Å². The van der Waals surface area contributed by atoms with Crippen LogP contribution in [0.3, 0.4) is 0 Å². The third-order valence-corrected chi connectivity index (χ3v) is 4.45. The molecule has 0 aromatic carbocycles. The van der Waals surface area contributed by atoms with Gasteiger partial charge in [0.1, 0.15) is 0 Å². The summed E-state index contributed by atoms with van der Waals surface area (Å²) < 4.78 is 6.91. The lowest BCUT2D eigenvalue weighted by Gasteiger charge is -2.34. The van der Waals surface area contributed by atoms with E-state index in [9.17, 15) is 15.0 Å². The lowest BCUT2D eigenvalue weighted by Crippen LogP contribution is -2.38. The van der Waals surface area contributed by atoms with Crippen LogP contribution in [-0.2, 0) is 24.4 Å². The third-order valence-electron chi connectivity index (χ3n) is 4.45. The van der Waals surface area contributed by atoms with E-state index in [1.807, 2.05) is 4.57 Å². The molecule has 1 fully saturated rings. The normalized spacial score (nSPS) is 19.5. The smallest absolute Gasteiger partial charge is 0.223 e. The molecule has 1 unspecified atom stereocenters.